The van der Waals surface area contributed by atoms with Crippen molar-refractivity contribution < 1.29 is 19.1 Å². The number of amides is 2. The Balaban J connectivity index is 1.75. The molecule has 4 rings (SSSR count). The Morgan fingerprint density at radius 3 is 2.73 bits per heavy atom. The van der Waals surface area contributed by atoms with Crippen molar-refractivity contribution in [1.29, 1.82) is 0 Å². The summed E-state index contributed by atoms with van der Waals surface area (Å²) in [4.78, 5) is 27.2. The van der Waals surface area contributed by atoms with Gasteiger partial charge in [0.2, 0.25) is 0 Å². The first-order valence-corrected chi connectivity index (χ1v) is 9.30. The predicted molar refractivity (Wildman–Crippen MR) is 100 cm³/mol. The number of carbonyl (C=O) groups excluding carboxylic acids is 2. The first kappa shape index (κ1) is 17.3. The van der Waals surface area contributed by atoms with Crippen LogP contribution in [-0.4, -0.2) is 48.6 Å². The van der Waals surface area contributed by atoms with E-state index in [0.29, 0.717) is 43.2 Å². The molecule has 1 fully saturated rings. The van der Waals surface area contributed by atoms with Crippen molar-refractivity contribution in [3.8, 4) is 0 Å². The fraction of sp³-hybridized carbons (Fsp3) is 0.368. The van der Waals surface area contributed by atoms with Crippen LogP contribution in [-0.2, 0) is 19.1 Å². The van der Waals surface area contributed by atoms with Crippen LogP contribution >= 0.6 is 15.9 Å². The van der Waals surface area contributed by atoms with Crippen LogP contribution in [0, 0.1) is 0 Å². The third-order valence-electron chi connectivity index (χ3n) is 4.79. The Kier molecular flexibility index (Phi) is 4.16. The summed E-state index contributed by atoms with van der Waals surface area (Å²) in [6, 6.07) is 5.60. The third-order valence-corrected chi connectivity index (χ3v) is 5.28. The van der Waals surface area contributed by atoms with Gasteiger partial charge in [0.1, 0.15) is 11.4 Å². The molecule has 0 spiro atoms. The van der Waals surface area contributed by atoms with E-state index in [1.165, 1.54) is 0 Å². The van der Waals surface area contributed by atoms with Crippen LogP contribution in [0.4, 0.5) is 5.69 Å². The largest absolute Gasteiger partial charge is 0.482 e. The number of carbonyl (C=O) groups is 2. The Bertz CT molecular complexity index is 866. The molecule has 3 aliphatic heterocycles. The minimum absolute atomic E-state index is 0.0664. The van der Waals surface area contributed by atoms with Crippen molar-refractivity contribution in [2.24, 2.45) is 0 Å². The highest BCUT2D eigenvalue weighted by atomic mass is 79.9. The molecule has 1 N–H and O–H groups in total. The number of allylic oxidation sites excluding steroid dienone is 1. The van der Waals surface area contributed by atoms with Gasteiger partial charge in [-0.3, -0.25) is 9.59 Å². The molecule has 7 heteroatoms. The maximum atomic E-state index is 12.9. The molecule has 26 heavy (non-hydrogen) atoms. The highest BCUT2D eigenvalue weighted by Gasteiger charge is 2.41. The quantitative estimate of drug-likeness (QED) is 0.711. The maximum absolute atomic E-state index is 12.9. The summed E-state index contributed by atoms with van der Waals surface area (Å²) in [6.07, 6.45) is 1.71. The fourth-order valence-electron chi connectivity index (χ4n) is 3.43. The summed E-state index contributed by atoms with van der Waals surface area (Å²) in [7, 11) is 0. The van der Waals surface area contributed by atoms with Gasteiger partial charge in [0.05, 0.1) is 30.0 Å². The molecule has 0 bridgehead atoms. The second-order valence-corrected chi connectivity index (χ2v) is 7.87. The Hall–Kier alpha value is -2.12. The first-order chi connectivity index (χ1) is 12.4. The van der Waals surface area contributed by atoms with Gasteiger partial charge in [-0.15, -0.1) is 0 Å². The molecule has 6 nitrogen and oxygen atoms in total. The average Bonchev–Trinajstić information content (AvgIpc) is 3.09. The lowest BCUT2D eigenvalue weighted by atomic mass is 9.97. The van der Waals surface area contributed by atoms with E-state index in [1.807, 2.05) is 32.0 Å². The molecule has 0 saturated carbocycles. The van der Waals surface area contributed by atoms with Crippen molar-refractivity contribution >= 4 is 39.0 Å². The van der Waals surface area contributed by atoms with Gasteiger partial charge in [0, 0.05) is 23.1 Å². The van der Waals surface area contributed by atoms with E-state index in [4.69, 9.17) is 9.47 Å². The van der Waals surface area contributed by atoms with E-state index in [0.717, 1.165) is 15.7 Å². The molecule has 1 aromatic carbocycles. The first-order valence-electron chi connectivity index (χ1n) is 8.50. The molecule has 3 aliphatic rings. The number of benzene rings is 1. The van der Waals surface area contributed by atoms with Gasteiger partial charge in [-0.25, -0.2) is 0 Å². The van der Waals surface area contributed by atoms with Gasteiger partial charge in [0.15, 0.2) is 0 Å². The second kappa shape index (κ2) is 6.25. The van der Waals surface area contributed by atoms with E-state index in [9.17, 15) is 9.59 Å². The van der Waals surface area contributed by atoms with Crippen LogP contribution in [0.25, 0.3) is 5.57 Å². The molecule has 136 valence electrons. The molecule has 0 aliphatic carbocycles. The number of hydrogen-bond acceptors (Lipinski definition) is 4. The maximum Gasteiger partial charge on any atom is 0.260 e. The molecule has 1 saturated heterocycles. The number of nitrogens with one attached hydrogen (secondary N) is 1. The lowest BCUT2D eigenvalue weighted by Gasteiger charge is -2.30. The minimum Gasteiger partial charge on any atom is -0.482 e. The molecule has 3 heterocycles. The molecule has 0 radical (unpaired) electrons. The summed E-state index contributed by atoms with van der Waals surface area (Å²) in [5.74, 6) is 0.147. The highest BCUT2D eigenvalue weighted by Crippen LogP contribution is 2.42. The summed E-state index contributed by atoms with van der Waals surface area (Å²) in [5, 5.41) is 2.85. The van der Waals surface area contributed by atoms with Crippen LogP contribution in [0.5, 0.6) is 0 Å². The van der Waals surface area contributed by atoms with Gasteiger partial charge in [-0.05, 0) is 32.1 Å². The molecular weight excluding hydrogens is 400 g/mol. The Morgan fingerprint density at radius 2 is 2.00 bits per heavy atom. The van der Waals surface area contributed by atoms with Gasteiger partial charge in [-0.2, -0.15) is 0 Å². The lowest BCUT2D eigenvalue weighted by Crippen LogP contribution is -2.44. The van der Waals surface area contributed by atoms with Crippen molar-refractivity contribution in [2.45, 2.75) is 19.4 Å². The summed E-state index contributed by atoms with van der Waals surface area (Å²) in [5.41, 5.74) is 1.73. The molecule has 0 unspecified atom stereocenters. The fourth-order valence-corrected chi connectivity index (χ4v) is 3.79. The van der Waals surface area contributed by atoms with Crippen LogP contribution in [0.15, 0.2) is 40.1 Å². The van der Waals surface area contributed by atoms with Crippen molar-refractivity contribution in [3.63, 3.8) is 0 Å². The third kappa shape index (κ3) is 2.85. The second-order valence-electron chi connectivity index (χ2n) is 6.96. The van der Waals surface area contributed by atoms with Crippen LogP contribution in [0.1, 0.15) is 19.4 Å². The lowest BCUT2D eigenvalue weighted by molar-refractivity contribution is -0.132. The van der Waals surface area contributed by atoms with E-state index in [1.54, 1.807) is 11.0 Å². The standard InChI is InChI=1S/C19H19BrN2O4/c1-19(2)13(18(24)22-5-7-25-8-6-22)10-15(26-19)16-12-4-3-11(20)9-14(12)21-17(16)23/h3-4,9-10H,5-8H2,1-2H3,(H,21,23). The monoisotopic (exact) mass is 418 g/mol. The number of nitrogens with zero attached hydrogens (tertiary/aromatic N) is 1. The van der Waals surface area contributed by atoms with Crippen molar-refractivity contribution in [2.75, 3.05) is 31.6 Å². The molecule has 0 atom stereocenters. The summed E-state index contributed by atoms with van der Waals surface area (Å²) < 4.78 is 12.3. The predicted octanol–water partition coefficient (Wildman–Crippen LogP) is 2.71. The molecule has 2 amide bonds. The van der Waals surface area contributed by atoms with Gasteiger partial charge < -0.3 is 19.7 Å². The Labute approximate surface area is 160 Å². The molecular formula is C19H19BrN2O4. The topological polar surface area (TPSA) is 67.9 Å². The molecule has 0 aromatic heterocycles. The van der Waals surface area contributed by atoms with Crippen LogP contribution < -0.4 is 5.32 Å². The summed E-state index contributed by atoms with van der Waals surface area (Å²) >= 11 is 3.41. The number of hydrogen-bond donors (Lipinski definition) is 1. The van der Waals surface area contributed by atoms with Crippen LogP contribution in [0.2, 0.25) is 0 Å². The van der Waals surface area contributed by atoms with Crippen LogP contribution in [0.3, 0.4) is 0 Å². The average molecular weight is 419 g/mol. The normalized spacial score (nSPS) is 24.0. The zero-order valence-corrected chi connectivity index (χ0v) is 16.2. The zero-order valence-electron chi connectivity index (χ0n) is 14.6. The Morgan fingerprint density at radius 1 is 1.27 bits per heavy atom. The zero-order chi connectivity index (χ0) is 18.5. The molecule has 1 aromatic rings. The van der Waals surface area contributed by atoms with E-state index in [-0.39, 0.29) is 11.8 Å². The minimum atomic E-state index is -0.796. The number of ether oxygens (including phenoxy) is 2. The number of morpholine rings is 1. The summed E-state index contributed by atoms with van der Waals surface area (Å²) in [6.45, 7) is 5.91. The number of fused-ring (bicyclic) bond motifs is 1. The van der Waals surface area contributed by atoms with Gasteiger partial charge >= 0.3 is 0 Å². The number of halogens is 1. The van der Waals surface area contributed by atoms with Crippen molar-refractivity contribution in [1.82, 2.24) is 4.90 Å². The van der Waals surface area contributed by atoms with E-state index in [2.05, 4.69) is 21.2 Å². The van der Waals surface area contributed by atoms with E-state index < -0.39 is 5.60 Å². The number of rotatable bonds is 1. The smallest absolute Gasteiger partial charge is 0.260 e. The highest BCUT2D eigenvalue weighted by molar-refractivity contribution is 9.10. The van der Waals surface area contributed by atoms with Gasteiger partial charge in [-0.1, -0.05) is 22.0 Å². The van der Waals surface area contributed by atoms with E-state index >= 15 is 0 Å². The van der Waals surface area contributed by atoms with Gasteiger partial charge in [0.25, 0.3) is 11.8 Å². The number of anilines is 1. The SMILES string of the molecule is CC1(C)OC(=C2C(=O)Nc3cc(Br)ccc32)C=C1C(=O)N1CCOCC1. The van der Waals surface area contributed by atoms with Crippen molar-refractivity contribution in [3.05, 3.63) is 45.6 Å².